The zero-order chi connectivity index (χ0) is 15.6. The van der Waals surface area contributed by atoms with Gasteiger partial charge in [-0.1, -0.05) is 56.7 Å². The first kappa shape index (κ1) is 19.5. The van der Waals surface area contributed by atoms with Gasteiger partial charge in [0.2, 0.25) is 0 Å². The quantitative estimate of drug-likeness (QED) is 0.396. The van der Waals surface area contributed by atoms with Gasteiger partial charge in [0, 0.05) is 20.4 Å². The molecule has 0 aliphatic carbocycles. The largest absolute Gasteiger partial charge is 0.252 e. The minimum absolute atomic E-state index is 0. The standard InChI is InChI=1S/C20H24N2.Pd/c1-3-5-16-20(22-18-14-10-7-11-15-18)19(4-2)21-17-12-8-6-9-13-17;/h6-15H,3-5,16H2,1-2H3;. The fourth-order valence-electron chi connectivity index (χ4n) is 2.27. The van der Waals surface area contributed by atoms with Gasteiger partial charge in [0.15, 0.2) is 0 Å². The summed E-state index contributed by atoms with van der Waals surface area (Å²) in [6.07, 6.45) is 4.17. The maximum Gasteiger partial charge on any atom is 0.0633 e. The Morgan fingerprint density at radius 2 is 1.22 bits per heavy atom. The molecule has 0 unspecified atom stereocenters. The average Bonchev–Trinajstić information content (AvgIpc) is 2.58. The van der Waals surface area contributed by atoms with Crippen molar-refractivity contribution in [1.29, 1.82) is 0 Å². The number of aliphatic imine (C=N–C) groups is 2. The molecular formula is C20H24N2Pd. The monoisotopic (exact) mass is 398 g/mol. The number of unbranched alkanes of at least 4 members (excludes halogenated alkanes) is 1. The van der Waals surface area contributed by atoms with Crippen LogP contribution in [0.15, 0.2) is 70.6 Å². The van der Waals surface area contributed by atoms with Crippen molar-refractivity contribution in [3.63, 3.8) is 0 Å². The van der Waals surface area contributed by atoms with Crippen LogP contribution in [0.2, 0.25) is 0 Å². The van der Waals surface area contributed by atoms with Crippen LogP contribution in [0.4, 0.5) is 11.4 Å². The number of hydrogen-bond acceptors (Lipinski definition) is 2. The molecule has 0 aromatic heterocycles. The maximum atomic E-state index is 4.85. The summed E-state index contributed by atoms with van der Waals surface area (Å²) < 4.78 is 0. The Balaban J connectivity index is 0.00000264. The maximum absolute atomic E-state index is 4.85. The van der Waals surface area contributed by atoms with Gasteiger partial charge >= 0.3 is 0 Å². The third kappa shape index (κ3) is 6.61. The van der Waals surface area contributed by atoms with Gasteiger partial charge < -0.3 is 0 Å². The summed E-state index contributed by atoms with van der Waals surface area (Å²) >= 11 is 0. The first-order valence-corrected chi connectivity index (χ1v) is 8.09. The molecule has 0 saturated carbocycles. The van der Waals surface area contributed by atoms with Crippen LogP contribution in [-0.4, -0.2) is 11.4 Å². The Hall–Kier alpha value is -1.56. The summed E-state index contributed by atoms with van der Waals surface area (Å²) in [5.74, 6) is 0. The fourth-order valence-corrected chi connectivity index (χ4v) is 2.27. The predicted molar refractivity (Wildman–Crippen MR) is 96.9 cm³/mol. The van der Waals surface area contributed by atoms with Crippen molar-refractivity contribution in [2.24, 2.45) is 9.98 Å². The second-order valence-corrected chi connectivity index (χ2v) is 5.25. The van der Waals surface area contributed by atoms with Crippen LogP contribution in [0, 0.1) is 0 Å². The van der Waals surface area contributed by atoms with Crippen molar-refractivity contribution in [3.05, 3.63) is 60.7 Å². The van der Waals surface area contributed by atoms with E-state index in [1.807, 2.05) is 60.7 Å². The van der Waals surface area contributed by atoms with Crippen molar-refractivity contribution in [2.75, 3.05) is 0 Å². The van der Waals surface area contributed by atoms with Crippen LogP contribution in [0.25, 0.3) is 0 Å². The second kappa shape index (κ2) is 11.1. The predicted octanol–water partition coefficient (Wildman–Crippen LogP) is 6.13. The second-order valence-electron chi connectivity index (χ2n) is 5.25. The van der Waals surface area contributed by atoms with E-state index in [2.05, 4.69) is 13.8 Å². The molecule has 0 aliphatic heterocycles. The van der Waals surface area contributed by atoms with Gasteiger partial charge in [-0.05, 0) is 43.5 Å². The summed E-state index contributed by atoms with van der Waals surface area (Å²) in [6.45, 7) is 4.36. The van der Waals surface area contributed by atoms with Crippen LogP contribution in [-0.2, 0) is 20.4 Å². The van der Waals surface area contributed by atoms with Crippen molar-refractivity contribution in [1.82, 2.24) is 0 Å². The SMILES string of the molecule is CCCCC(=Nc1ccccc1)C(CC)=Nc1ccccc1.[Pd]. The first-order valence-electron chi connectivity index (χ1n) is 8.09. The van der Waals surface area contributed by atoms with Crippen LogP contribution in [0.1, 0.15) is 39.5 Å². The van der Waals surface area contributed by atoms with Gasteiger partial charge in [0.1, 0.15) is 0 Å². The molecule has 2 aromatic carbocycles. The fraction of sp³-hybridized carbons (Fsp3) is 0.300. The molecule has 2 aromatic rings. The average molecular weight is 399 g/mol. The summed E-state index contributed by atoms with van der Waals surface area (Å²) in [7, 11) is 0. The molecule has 0 atom stereocenters. The zero-order valence-electron chi connectivity index (χ0n) is 13.8. The number of rotatable bonds is 7. The molecule has 23 heavy (non-hydrogen) atoms. The minimum atomic E-state index is 0. The van der Waals surface area contributed by atoms with Crippen LogP contribution < -0.4 is 0 Å². The Bertz CT molecular complexity index is 619. The summed E-state index contributed by atoms with van der Waals surface area (Å²) in [6, 6.07) is 20.3. The van der Waals surface area contributed by atoms with E-state index in [9.17, 15) is 0 Å². The van der Waals surface area contributed by atoms with Gasteiger partial charge in [0.25, 0.3) is 0 Å². The number of benzene rings is 2. The van der Waals surface area contributed by atoms with E-state index >= 15 is 0 Å². The topological polar surface area (TPSA) is 24.7 Å². The molecule has 0 amide bonds. The summed E-state index contributed by atoms with van der Waals surface area (Å²) in [5.41, 5.74) is 4.20. The molecule has 0 radical (unpaired) electrons. The van der Waals surface area contributed by atoms with Crippen molar-refractivity contribution >= 4 is 22.8 Å². The molecule has 0 spiro atoms. The first-order chi connectivity index (χ1) is 10.8. The molecule has 124 valence electrons. The molecule has 0 saturated heterocycles. The van der Waals surface area contributed by atoms with Crippen molar-refractivity contribution < 1.29 is 20.4 Å². The van der Waals surface area contributed by atoms with E-state index in [-0.39, 0.29) is 20.4 Å². The van der Waals surface area contributed by atoms with Crippen molar-refractivity contribution in [3.8, 4) is 0 Å². The Morgan fingerprint density at radius 1 is 0.739 bits per heavy atom. The molecule has 2 nitrogen and oxygen atoms in total. The van der Waals surface area contributed by atoms with Gasteiger partial charge in [-0.25, -0.2) is 0 Å². The van der Waals surface area contributed by atoms with Crippen LogP contribution in [0.3, 0.4) is 0 Å². The van der Waals surface area contributed by atoms with Gasteiger partial charge in [-0.3, -0.25) is 9.98 Å². The number of hydrogen-bond donors (Lipinski definition) is 0. The Kier molecular flexibility index (Phi) is 9.36. The van der Waals surface area contributed by atoms with Gasteiger partial charge in [0.05, 0.1) is 22.8 Å². The normalized spacial score (nSPS) is 11.9. The van der Waals surface area contributed by atoms with E-state index in [1.54, 1.807) is 0 Å². The van der Waals surface area contributed by atoms with Crippen LogP contribution >= 0.6 is 0 Å². The summed E-state index contributed by atoms with van der Waals surface area (Å²) in [5, 5.41) is 0. The zero-order valence-corrected chi connectivity index (χ0v) is 15.4. The van der Waals surface area contributed by atoms with E-state index in [0.717, 1.165) is 48.5 Å². The minimum Gasteiger partial charge on any atom is -0.252 e. The molecule has 0 N–H and O–H groups in total. The third-order valence-corrected chi connectivity index (χ3v) is 3.48. The molecule has 0 heterocycles. The van der Waals surface area contributed by atoms with Gasteiger partial charge in [-0.15, -0.1) is 0 Å². The van der Waals surface area contributed by atoms with Crippen molar-refractivity contribution in [2.45, 2.75) is 39.5 Å². The molecule has 3 heteroatoms. The molecule has 2 rings (SSSR count). The summed E-state index contributed by atoms with van der Waals surface area (Å²) in [4.78, 5) is 9.66. The van der Waals surface area contributed by atoms with Crippen LogP contribution in [0.5, 0.6) is 0 Å². The Morgan fingerprint density at radius 3 is 1.65 bits per heavy atom. The molecule has 0 bridgehead atoms. The van der Waals surface area contributed by atoms with E-state index in [0.29, 0.717) is 0 Å². The smallest absolute Gasteiger partial charge is 0.0633 e. The Labute approximate surface area is 153 Å². The van der Waals surface area contributed by atoms with Gasteiger partial charge in [-0.2, -0.15) is 0 Å². The van der Waals surface area contributed by atoms with E-state index in [1.165, 1.54) is 0 Å². The molecule has 0 fully saturated rings. The van der Waals surface area contributed by atoms with E-state index < -0.39 is 0 Å². The molecular weight excluding hydrogens is 375 g/mol. The van der Waals surface area contributed by atoms with E-state index in [4.69, 9.17) is 9.98 Å². The number of para-hydroxylation sites is 2. The third-order valence-electron chi connectivity index (χ3n) is 3.48. The number of nitrogens with zero attached hydrogens (tertiary/aromatic N) is 2. The molecule has 0 aliphatic rings.